The minimum atomic E-state index is -0.949. The van der Waals surface area contributed by atoms with E-state index in [0.717, 1.165) is 30.0 Å². The quantitative estimate of drug-likeness (QED) is 0.373. The Morgan fingerprint density at radius 3 is 2.79 bits per heavy atom. The van der Waals surface area contributed by atoms with Crippen LogP contribution in [0.25, 0.3) is 0 Å². The lowest BCUT2D eigenvalue weighted by Crippen LogP contribution is -2.36. The average molecular weight is 399 g/mol. The molecule has 0 saturated carbocycles. The number of aryl methyl sites for hydroxylation is 1. The predicted octanol–water partition coefficient (Wildman–Crippen LogP) is 2.40. The molecule has 2 aromatic rings. The Labute approximate surface area is 171 Å². The van der Waals surface area contributed by atoms with Gasteiger partial charge in [0.2, 0.25) is 5.88 Å². The minimum Gasteiger partial charge on any atom is -0.475 e. The monoisotopic (exact) mass is 399 g/mol. The highest BCUT2D eigenvalue weighted by molar-refractivity contribution is 5.80. The number of nitrogens with two attached hydrogens (primary N) is 1. The van der Waals surface area contributed by atoms with E-state index in [9.17, 15) is 5.11 Å². The van der Waals surface area contributed by atoms with Crippen LogP contribution in [0, 0.1) is 6.92 Å². The molecular formula is C21H29N5O3. The molecule has 29 heavy (non-hydrogen) atoms. The van der Waals surface area contributed by atoms with E-state index in [1.165, 1.54) is 0 Å². The second-order valence-corrected chi connectivity index (χ2v) is 7.75. The summed E-state index contributed by atoms with van der Waals surface area (Å²) < 4.78 is 11.2. The molecular weight excluding hydrogens is 370 g/mol. The van der Waals surface area contributed by atoms with Gasteiger partial charge in [0, 0.05) is 24.8 Å². The Bertz CT molecular complexity index is 858. The van der Waals surface area contributed by atoms with Gasteiger partial charge in [0.25, 0.3) is 0 Å². The number of ether oxygens (including phenoxy) is 2. The van der Waals surface area contributed by atoms with Crippen LogP contribution in [0.4, 0.5) is 17.1 Å². The summed E-state index contributed by atoms with van der Waals surface area (Å²) >= 11 is 0. The lowest BCUT2D eigenvalue weighted by Gasteiger charge is -2.29. The molecule has 0 unspecified atom stereocenters. The van der Waals surface area contributed by atoms with Gasteiger partial charge in [-0.3, -0.25) is 5.43 Å². The van der Waals surface area contributed by atoms with Gasteiger partial charge in [-0.05, 0) is 44.5 Å². The molecule has 1 aliphatic rings. The maximum Gasteiger partial charge on any atom is 0.216 e. The Hall–Kier alpha value is -2.84. The molecule has 1 aliphatic heterocycles. The predicted molar refractivity (Wildman–Crippen MR) is 116 cm³/mol. The van der Waals surface area contributed by atoms with E-state index in [0.29, 0.717) is 30.5 Å². The smallest absolute Gasteiger partial charge is 0.216 e. The number of aromatic nitrogens is 1. The second-order valence-electron chi connectivity index (χ2n) is 7.75. The van der Waals surface area contributed by atoms with Crippen molar-refractivity contribution in [2.24, 2.45) is 5.10 Å². The van der Waals surface area contributed by atoms with Gasteiger partial charge in [-0.25, -0.2) is 4.98 Å². The van der Waals surface area contributed by atoms with E-state index in [-0.39, 0.29) is 6.61 Å². The number of hydrogen-bond acceptors (Lipinski definition) is 8. The van der Waals surface area contributed by atoms with E-state index in [2.05, 4.69) is 20.4 Å². The number of hydrazone groups is 1. The summed E-state index contributed by atoms with van der Waals surface area (Å²) in [5.74, 6) is 0.438. The molecule has 1 aromatic carbocycles. The number of benzene rings is 1. The van der Waals surface area contributed by atoms with Crippen LogP contribution in [0.2, 0.25) is 0 Å². The van der Waals surface area contributed by atoms with Gasteiger partial charge < -0.3 is 25.2 Å². The van der Waals surface area contributed by atoms with E-state index < -0.39 is 5.60 Å². The average Bonchev–Trinajstić information content (AvgIpc) is 2.69. The van der Waals surface area contributed by atoms with Crippen molar-refractivity contribution >= 4 is 23.3 Å². The summed E-state index contributed by atoms with van der Waals surface area (Å²) in [4.78, 5) is 6.70. The number of morpholine rings is 1. The highest BCUT2D eigenvalue weighted by Crippen LogP contribution is 2.23. The summed E-state index contributed by atoms with van der Waals surface area (Å²) in [5, 5.41) is 14.2. The van der Waals surface area contributed by atoms with Gasteiger partial charge in [0.05, 0.1) is 42.1 Å². The maximum atomic E-state index is 9.95. The van der Waals surface area contributed by atoms with E-state index in [1.807, 2.05) is 37.3 Å². The number of anilines is 3. The first-order valence-electron chi connectivity index (χ1n) is 9.65. The van der Waals surface area contributed by atoms with Gasteiger partial charge in [-0.15, -0.1) is 0 Å². The lowest BCUT2D eigenvalue weighted by atomic mass is 10.2. The van der Waals surface area contributed by atoms with Crippen molar-refractivity contribution in [1.82, 2.24) is 4.98 Å². The molecule has 4 N–H and O–H groups in total. The number of nitrogens with one attached hydrogen (secondary N) is 1. The fourth-order valence-corrected chi connectivity index (χ4v) is 2.84. The summed E-state index contributed by atoms with van der Waals surface area (Å²) in [6.07, 6.45) is 1.63. The lowest BCUT2D eigenvalue weighted by molar-refractivity contribution is 0.0268. The molecule has 0 spiro atoms. The Morgan fingerprint density at radius 1 is 1.31 bits per heavy atom. The third kappa shape index (κ3) is 6.33. The molecule has 3 rings (SSSR count). The molecule has 0 bridgehead atoms. The van der Waals surface area contributed by atoms with Gasteiger partial charge in [0.15, 0.2) is 0 Å². The zero-order valence-corrected chi connectivity index (χ0v) is 17.2. The minimum absolute atomic E-state index is 0.140. The Balaban J connectivity index is 1.80. The number of hydrogen-bond donors (Lipinski definition) is 3. The van der Waals surface area contributed by atoms with Gasteiger partial charge in [-0.1, -0.05) is 6.07 Å². The highest BCUT2D eigenvalue weighted by atomic mass is 16.5. The molecule has 8 heteroatoms. The molecule has 156 valence electrons. The van der Waals surface area contributed by atoms with Crippen molar-refractivity contribution in [3.63, 3.8) is 0 Å². The number of rotatable bonds is 7. The van der Waals surface area contributed by atoms with Crippen LogP contribution in [0.15, 0.2) is 35.4 Å². The van der Waals surface area contributed by atoms with Crippen molar-refractivity contribution in [3.8, 4) is 5.88 Å². The highest BCUT2D eigenvalue weighted by Gasteiger charge is 2.17. The van der Waals surface area contributed by atoms with Crippen molar-refractivity contribution in [3.05, 3.63) is 41.6 Å². The number of nitrogen functional groups attached to an aromatic ring is 1. The SMILES string of the molecule is Cc1ccc(N)c(N/N=C/c2cc(N3CCOCC3)cc(OCC(C)(C)O)n2)c1. The maximum absolute atomic E-state index is 9.95. The Morgan fingerprint density at radius 2 is 2.07 bits per heavy atom. The first kappa shape index (κ1) is 20.9. The zero-order chi connectivity index (χ0) is 20.9. The molecule has 0 radical (unpaired) electrons. The first-order valence-corrected chi connectivity index (χ1v) is 9.65. The molecule has 0 atom stereocenters. The van der Waals surface area contributed by atoms with Crippen LogP contribution >= 0.6 is 0 Å². The van der Waals surface area contributed by atoms with Gasteiger partial charge >= 0.3 is 0 Å². The Kier molecular flexibility index (Phi) is 6.56. The number of pyridine rings is 1. The first-order chi connectivity index (χ1) is 13.8. The molecule has 1 saturated heterocycles. The van der Waals surface area contributed by atoms with Crippen molar-refractivity contribution in [1.29, 1.82) is 0 Å². The summed E-state index contributed by atoms with van der Waals surface area (Å²) in [5.41, 5.74) is 12.1. The normalized spacial score (nSPS) is 15.0. The standard InChI is InChI=1S/C21H29N5O3/c1-15-4-5-18(22)19(10-15)25-23-13-16-11-17(26-6-8-28-9-7-26)12-20(24-16)29-14-21(2,3)27/h4-5,10-13,25,27H,6-9,14,22H2,1-3H3/b23-13+. The third-order valence-electron chi connectivity index (χ3n) is 4.35. The molecule has 1 aromatic heterocycles. The van der Waals surface area contributed by atoms with Gasteiger partial charge in [-0.2, -0.15) is 5.10 Å². The molecule has 2 heterocycles. The molecule has 1 fully saturated rings. The van der Waals surface area contributed by atoms with Crippen LogP contribution < -0.4 is 20.8 Å². The molecule has 8 nitrogen and oxygen atoms in total. The second kappa shape index (κ2) is 9.11. The van der Waals surface area contributed by atoms with E-state index in [1.54, 1.807) is 20.1 Å². The van der Waals surface area contributed by atoms with Crippen LogP contribution in [-0.2, 0) is 4.74 Å². The number of nitrogens with zero attached hydrogens (tertiary/aromatic N) is 3. The fraction of sp³-hybridized carbons (Fsp3) is 0.429. The molecule has 0 amide bonds. The van der Waals surface area contributed by atoms with Crippen LogP contribution in [0.3, 0.4) is 0 Å². The zero-order valence-electron chi connectivity index (χ0n) is 17.2. The fourth-order valence-electron chi connectivity index (χ4n) is 2.84. The van der Waals surface area contributed by atoms with Crippen molar-refractivity contribution in [2.75, 3.05) is 49.0 Å². The van der Waals surface area contributed by atoms with Crippen molar-refractivity contribution in [2.45, 2.75) is 26.4 Å². The molecule has 0 aliphatic carbocycles. The van der Waals surface area contributed by atoms with Crippen molar-refractivity contribution < 1.29 is 14.6 Å². The largest absolute Gasteiger partial charge is 0.475 e. The summed E-state index contributed by atoms with van der Waals surface area (Å²) in [6, 6.07) is 9.55. The number of aliphatic hydroxyl groups is 1. The van der Waals surface area contributed by atoms with Crippen LogP contribution in [0.1, 0.15) is 25.1 Å². The summed E-state index contributed by atoms with van der Waals surface area (Å²) in [7, 11) is 0. The topological polar surface area (TPSA) is 105 Å². The summed E-state index contributed by atoms with van der Waals surface area (Å²) in [6.45, 7) is 8.47. The van der Waals surface area contributed by atoms with E-state index in [4.69, 9.17) is 15.2 Å². The van der Waals surface area contributed by atoms with E-state index >= 15 is 0 Å². The van der Waals surface area contributed by atoms with Gasteiger partial charge in [0.1, 0.15) is 6.61 Å². The third-order valence-corrected chi connectivity index (χ3v) is 4.35. The van der Waals surface area contributed by atoms with Crippen LogP contribution in [0.5, 0.6) is 5.88 Å². The van der Waals surface area contributed by atoms with Crippen LogP contribution in [-0.4, -0.2) is 54.8 Å².